The first kappa shape index (κ1) is 16.1. The highest BCUT2D eigenvalue weighted by Gasteiger charge is 2.22. The molecule has 25 heavy (non-hydrogen) atoms. The molecule has 1 amide bonds. The summed E-state index contributed by atoms with van der Waals surface area (Å²) < 4.78 is 5.29. The number of anilines is 1. The van der Waals surface area contributed by atoms with E-state index in [4.69, 9.17) is 16.3 Å². The summed E-state index contributed by atoms with van der Waals surface area (Å²) in [5.74, 6) is 0.538. The van der Waals surface area contributed by atoms with Crippen molar-refractivity contribution in [2.24, 2.45) is 0 Å². The zero-order valence-electron chi connectivity index (χ0n) is 13.4. The molecule has 0 spiro atoms. The van der Waals surface area contributed by atoms with E-state index in [0.29, 0.717) is 10.7 Å². The Bertz CT molecular complexity index is 971. The summed E-state index contributed by atoms with van der Waals surface area (Å²) in [6, 6.07) is 9.32. The molecule has 0 saturated carbocycles. The second-order valence-corrected chi connectivity index (χ2v) is 7.05. The van der Waals surface area contributed by atoms with Crippen LogP contribution in [0.4, 0.5) is 5.13 Å². The van der Waals surface area contributed by atoms with Crippen molar-refractivity contribution in [2.45, 2.75) is 12.8 Å². The van der Waals surface area contributed by atoms with Gasteiger partial charge in [0.25, 0.3) is 5.91 Å². The highest BCUT2D eigenvalue weighted by atomic mass is 35.5. The molecule has 0 radical (unpaired) electrons. The van der Waals surface area contributed by atoms with Gasteiger partial charge in [-0.2, -0.15) is 0 Å². The molecular weight excluding hydrogens is 358 g/mol. The highest BCUT2D eigenvalue weighted by molar-refractivity contribution is 7.16. The van der Waals surface area contributed by atoms with Crippen molar-refractivity contribution in [3.8, 4) is 17.0 Å². The number of carbonyl (C=O) groups is 1. The fourth-order valence-corrected chi connectivity index (χ4v) is 4.06. The summed E-state index contributed by atoms with van der Waals surface area (Å²) in [7, 11) is 1.66. The first-order valence-corrected chi connectivity index (χ1v) is 8.94. The van der Waals surface area contributed by atoms with Gasteiger partial charge in [-0.1, -0.05) is 11.6 Å². The summed E-state index contributed by atoms with van der Waals surface area (Å²) in [5.41, 5.74) is 3.58. The van der Waals surface area contributed by atoms with E-state index in [9.17, 15) is 4.79 Å². The van der Waals surface area contributed by atoms with Crippen molar-refractivity contribution in [2.75, 3.05) is 12.4 Å². The van der Waals surface area contributed by atoms with E-state index in [1.807, 2.05) is 18.2 Å². The number of aromatic nitrogens is 2. The van der Waals surface area contributed by atoms with E-state index < -0.39 is 0 Å². The second kappa shape index (κ2) is 6.46. The Balaban J connectivity index is 1.63. The average Bonchev–Trinajstić information content (AvgIpc) is 3.04. The summed E-state index contributed by atoms with van der Waals surface area (Å²) in [6.07, 6.45) is 3.38. The summed E-state index contributed by atoms with van der Waals surface area (Å²) in [6.45, 7) is 0. The molecule has 0 saturated heterocycles. The van der Waals surface area contributed by atoms with E-state index >= 15 is 0 Å². The Kier molecular flexibility index (Phi) is 4.15. The molecule has 1 aliphatic rings. The Hall–Kier alpha value is -2.44. The van der Waals surface area contributed by atoms with Gasteiger partial charge in [-0.05, 0) is 48.7 Å². The molecule has 0 aliphatic heterocycles. The second-order valence-electron chi connectivity index (χ2n) is 5.61. The predicted octanol–water partition coefficient (Wildman–Crippen LogP) is 4.22. The molecule has 1 N–H and O–H groups in total. The average molecular weight is 372 g/mol. The molecule has 5 nitrogen and oxygen atoms in total. The minimum atomic E-state index is -0.306. The van der Waals surface area contributed by atoms with Crippen molar-refractivity contribution in [3.63, 3.8) is 0 Å². The summed E-state index contributed by atoms with van der Waals surface area (Å²) >= 11 is 7.48. The van der Waals surface area contributed by atoms with Crippen LogP contribution in [0.3, 0.4) is 0 Å². The molecule has 0 atom stereocenters. The number of amides is 1. The van der Waals surface area contributed by atoms with Crippen LogP contribution in [0.5, 0.6) is 5.75 Å². The predicted molar refractivity (Wildman–Crippen MR) is 98.7 cm³/mol. The van der Waals surface area contributed by atoms with Gasteiger partial charge in [-0.3, -0.25) is 10.1 Å². The van der Waals surface area contributed by atoms with Gasteiger partial charge in [0, 0.05) is 16.6 Å². The van der Waals surface area contributed by atoms with Gasteiger partial charge in [0.15, 0.2) is 5.13 Å². The Morgan fingerprint density at radius 2 is 2.20 bits per heavy atom. The molecule has 2 aromatic heterocycles. The van der Waals surface area contributed by atoms with Crippen LogP contribution in [0.25, 0.3) is 11.3 Å². The zero-order chi connectivity index (χ0) is 17.4. The fourth-order valence-electron chi connectivity index (χ4n) is 2.89. The van der Waals surface area contributed by atoms with Gasteiger partial charge >= 0.3 is 0 Å². The maximum absolute atomic E-state index is 12.4. The third-order valence-electron chi connectivity index (χ3n) is 4.11. The molecule has 4 rings (SSSR count). The Labute approximate surface area is 153 Å². The van der Waals surface area contributed by atoms with E-state index in [0.717, 1.165) is 29.8 Å². The van der Waals surface area contributed by atoms with Crippen LogP contribution in [0.15, 0.2) is 36.5 Å². The van der Waals surface area contributed by atoms with Gasteiger partial charge in [0.1, 0.15) is 10.9 Å². The largest absolute Gasteiger partial charge is 0.497 e. The highest BCUT2D eigenvalue weighted by Crippen LogP contribution is 2.39. The summed E-state index contributed by atoms with van der Waals surface area (Å²) in [4.78, 5) is 22.1. The number of ether oxygens (including phenoxy) is 1. The number of carbonyl (C=O) groups excluding carboxylic acids is 1. The van der Waals surface area contributed by atoms with Gasteiger partial charge in [0.2, 0.25) is 0 Å². The number of methoxy groups -OCH3 is 1. The first-order chi connectivity index (χ1) is 12.2. The molecule has 3 aromatic rings. The standard InChI is InChI=1S/C18H14ClN3O2S/c1-24-11-5-6-12-10(9-11)4-7-14-15(12)21-18(25-14)22-17(23)13-3-2-8-20-16(13)19/h2-3,5-6,8-9H,4,7H2,1H3,(H,21,22,23). The van der Waals surface area contributed by atoms with Gasteiger partial charge < -0.3 is 4.74 Å². The topological polar surface area (TPSA) is 64.1 Å². The minimum Gasteiger partial charge on any atom is -0.497 e. The molecule has 126 valence electrons. The van der Waals surface area contributed by atoms with E-state index in [1.54, 1.807) is 25.4 Å². The van der Waals surface area contributed by atoms with E-state index in [1.165, 1.54) is 21.8 Å². The molecule has 2 heterocycles. The maximum atomic E-state index is 12.4. The van der Waals surface area contributed by atoms with Crippen LogP contribution in [0, 0.1) is 0 Å². The minimum absolute atomic E-state index is 0.179. The van der Waals surface area contributed by atoms with Crippen LogP contribution in [-0.4, -0.2) is 23.0 Å². The Morgan fingerprint density at radius 3 is 3.00 bits per heavy atom. The molecular formula is C18H14ClN3O2S. The van der Waals surface area contributed by atoms with Gasteiger partial charge in [-0.15, -0.1) is 11.3 Å². The number of pyridine rings is 1. The van der Waals surface area contributed by atoms with Crippen LogP contribution in [-0.2, 0) is 12.8 Å². The van der Waals surface area contributed by atoms with Crippen molar-refractivity contribution < 1.29 is 9.53 Å². The number of nitrogens with one attached hydrogen (secondary N) is 1. The fraction of sp³-hybridized carbons (Fsp3) is 0.167. The third kappa shape index (κ3) is 2.99. The lowest BCUT2D eigenvalue weighted by Crippen LogP contribution is -2.12. The molecule has 7 heteroatoms. The molecule has 0 unspecified atom stereocenters. The van der Waals surface area contributed by atoms with E-state index in [-0.39, 0.29) is 11.1 Å². The number of rotatable bonds is 3. The quantitative estimate of drug-likeness (QED) is 0.700. The van der Waals surface area contributed by atoms with Crippen molar-refractivity contribution >= 4 is 34.0 Å². The lowest BCUT2D eigenvalue weighted by atomic mass is 9.93. The molecule has 1 aliphatic carbocycles. The number of benzene rings is 1. The number of hydrogen-bond donors (Lipinski definition) is 1. The van der Waals surface area contributed by atoms with Gasteiger partial charge in [0.05, 0.1) is 18.4 Å². The van der Waals surface area contributed by atoms with Crippen molar-refractivity contribution in [3.05, 3.63) is 57.7 Å². The smallest absolute Gasteiger partial charge is 0.260 e. The number of fused-ring (bicyclic) bond motifs is 3. The monoisotopic (exact) mass is 371 g/mol. The van der Waals surface area contributed by atoms with Crippen LogP contribution >= 0.6 is 22.9 Å². The number of nitrogens with zero attached hydrogens (tertiary/aromatic N) is 2. The number of aryl methyl sites for hydroxylation is 2. The van der Waals surface area contributed by atoms with Gasteiger partial charge in [-0.25, -0.2) is 9.97 Å². The maximum Gasteiger partial charge on any atom is 0.260 e. The van der Waals surface area contributed by atoms with Crippen LogP contribution in [0.2, 0.25) is 5.15 Å². The van der Waals surface area contributed by atoms with E-state index in [2.05, 4.69) is 15.3 Å². The van der Waals surface area contributed by atoms with Crippen molar-refractivity contribution in [1.29, 1.82) is 0 Å². The lowest BCUT2D eigenvalue weighted by Gasteiger charge is -2.15. The number of thiazole rings is 1. The third-order valence-corrected chi connectivity index (χ3v) is 5.44. The molecule has 1 aromatic carbocycles. The zero-order valence-corrected chi connectivity index (χ0v) is 14.9. The number of halogens is 1. The van der Waals surface area contributed by atoms with Crippen LogP contribution < -0.4 is 10.1 Å². The molecule has 0 fully saturated rings. The normalized spacial score (nSPS) is 12.2. The number of hydrogen-bond acceptors (Lipinski definition) is 5. The van der Waals surface area contributed by atoms with Crippen LogP contribution in [0.1, 0.15) is 20.8 Å². The lowest BCUT2D eigenvalue weighted by molar-refractivity contribution is 0.102. The van der Waals surface area contributed by atoms with Crippen molar-refractivity contribution in [1.82, 2.24) is 9.97 Å². The Morgan fingerprint density at radius 1 is 1.32 bits per heavy atom. The molecule has 0 bridgehead atoms. The SMILES string of the molecule is COc1ccc2c(c1)CCc1sc(NC(=O)c3cccnc3Cl)nc1-2. The summed E-state index contributed by atoms with van der Waals surface area (Å²) in [5, 5.41) is 3.58. The first-order valence-electron chi connectivity index (χ1n) is 7.74.